The molecule has 19 heavy (non-hydrogen) atoms. The molecule has 1 aromatic carbocycles. The molecule has 1 N–H and O–H groups in total. The number of hydrogen-bond acceptors (Lipinski definition) is 3. The highest BCUT2D eigenvalue weighted by Gasteiger charge is 2.27. The number of anilines is 2. The number of benzene rings is 1. The number of amides is 1. The van der Waals surface area contributed by atoms with Crippen LogP contribution in [0.5, 0.6) is 0 Å². The van der Waals surface area contributed by atoms with Gasteiger partial charge >= 0.3 is 6.09 Å². The Morgan fingerprint density at radius 1 is 1.37 bits per heavy atom. The van der Waals surface area contributed by atoms with E-state index in [1.165, 1.54) is 5.56 Å². The van der Waals surface area contributed by atoms with E-state index < -0.39 is 5.60 Å². The molecule has 0 spiro atoms. The van der Waals surface area contributed by atoms with E-state index in [9.17, 15) is 4.79 Å². The van der Waals surface area contributed by atoms with E-state index >= 15 is 0 Å². The van der Waals surface area contributed by atoms with Crippen LogP contribution in [0.15, 0.2) is 18.2 Å². The van der Waals surface area contributed by atoms with Gasteiger partial charge in [0.05, 0.1) is 5.69 Å². The lowest BCUT2D eigenvalue weighted by Gasteiger charge is -2.32. The van der Waals surface area contributed by atoms with Crippen LogP contribution < -0.4 is 10.2 Å². The molecule has 4 nitrogen and oxygen atoms in total. The van der Waals surface area contributed by atoms with Crippen molar-refractivity contribution >= 4 is 17.5 Å². The van der Waals surface area contributed by atoms with Crippen LogP contribution in [0.2, 0.25) is 0 Å². The monoisotopic (exact) mass is 262 g/mol. The number of hydrogen-bond donors (Lipinski definition) is 1. The van der Waals surface area contributed by atoms with Gasteiger partial charge in [-0.15, -0.1) is 0 Å². The molecule has 0 atom stereocenters. The normalized spacial score (nSPS) is 14.8. The van der Waals surface area contributed by atoms with Gasteiger partial charge in [0.15, 0.2) is 0 Å². The third kappa shape index (κ3) is 3.19. The molecule has 0 aromatic heterocycles. The second-order valence-corrected chi connectivity index (χ2v) is 5.83. The molecule has 1 heterocycles. The summed E-state index contributed by atoms with van der Waals surface area (Å²) in [6.45, 7) is 6.38. The van der Waals surface area contributed by atoms with Crippen molar-refractivity contribution in [1.82, 2.24) is 0 Å². The lowest BCUT2D eigenvalue weighted by atomic mass is 10.0. The second kappa shape index (κ2) is 5.11. The van der Waals surface area contributed by atoms with Gasteiger partial charge in [0.2, 0.25) is 0 Å². The van der Waals surface area contributed by atoms with E-state index in [0.717, 1.165) is 30.8 Å². The van der Waals surface area contributed by atoms with Crippen molar-refractivity contribution in [2.75, 3.05) is 23.8 Å². The lowest BCUT2D eigenvalue weighted by Crippen LogP contribution is -2.39. The first-order valence-corrected chi connectivity index (χ1v) is 6.72. The predicted molar refractivity (Wildman–Crippen MR) is 77.9 cm³/mol. The number of carbonyl (C=O) groups is 1. The fraction of sp³-hybridized carbons (Fsp3) is 0.533. The topological polar surface area (TPSA) is 41.6 Å². The zero-order valence-electron chi connectivity index (χ0n) is 12.1. The minimum Gasteiger partial charge on any atom is -0.443 e. The molecule has 0 saturated heterocycles. The molecule has 0 unspecified atom stereocenters. The van der Waals surface area contributed by atoms with Crippen LogP contribution in [0, 0.1) is 0 Å². The number of rotatable bonds is 1. The quantitative estimate of drug-likeness (QED) is 0.843. The highest BCUT2D eigenvalue weighted by Crippen LogP contribution is 2.31. The molecule has 0 bridgehead atoms. The van der Waals surface area contributed by atoms with Crippen LogP contribution in [-0.4, -0.2) is 25.3 Å². The van der Waals surface area contributed by atoms with E-state index in [1.54, 1.807) is 4.90 Å². The number of aryl methyl sites for hydroxylation is 1. The number of ether oxygens (including phenoxy) is 1. The van der Waals surface area contributed by atoms with Crippen LogP contribution in [0.25, 0.3) is 0 Å². The first-order chi connectivity index (χ1) is 8.90. The maximum atomic E-state index is 12.3. The van der Waals surface area contributed by atoms with E-state index in [-0.39, 0.29) is 6.09 Å². The maximum Gasteiger partial charge on any atom is 0.414 e. The first-order valence-electron chi connectivity index (χ1n) is 6.72. The van der Waals surface area contributed by atoms with Gasteiger partial charge in [0.1, 0.15) is 5.60 Å². The highest BCUT2D eigenvalue weighted by molar-refractivity contribution is 5.90. The number of carbonyl (C=O) groups excluding carboxylic acids is 1. The van der Waals surface area contributed by atoms with Gasteiger partial charge in [-0.05, 0) is 51.3 Å². The molecule has 0 radical (unpaired) electrons. The molecular formula is C15H22N2O2. The molecule has 0 fully saturated rings. The maximum absolute atomic E-state index is 12.3. The minimum atomic E-state index is -0.463. The fourth-order valence-corrected chi connectivity index (χ4v) is 2.24. The zero-order chi connectivity index (χ0) is 14.0. The molecule has 2 rings (SSSR count). The van der Waals surface area contributed by atoms with Crippen molar-refractivity contribution in [1.29, 1.82) is 0 Å². The van der Waals surface area contributed by atoms with Crippen molar-refractivity contribution in [2.45, 2.75) is 39.2 Å². The summed E-state index contributed by atoms with van der Waals surface area (Å²) in [4.78, 5) is 14.0. The zero-order valence-corrected chi connectivity index (χ0v) is 12.1. The van der Waals surface area contributed by atoms with Crippen LogP contribution in [-0.2, 0) is 11.2 Å². The Morgan fingerprint density at radius 2 is 2.11 bits per heavy atom. The smallest absolute Gasteiger partial charge is 0.414 e. The van der Waals surface area contributed by atoms with E-state index in [2.05, 4.69) is 11.4 Å². The van der Waals surface area contributed by atoms with Crippen LogP contribution >= 0.6 is 0 Å². The van der Waals surface area contributed by atoms with Crippen LogP contribution in [0.4, 0.5) is 16.2 Å². The SMILES string of the molecule is CNc1ccc2c(c1)N(C(=O)OC(C)(C)C)CCC2. The van der Waals surface area contributed by atoms with E-state index in [1.807, 2.05) is 40.0 Å². The van der Waals surface area contributed by atoms with Gasteiger partial charge in [-0.1, -0.05) is 6.07 Å². The molecule has 104 valence electrons. The summed E-state index contributed by atoms with van der Waals surface area (Å²) in [5.74, 6) is 0. The largest absolute Gasteiger partial charge is 0.443 e. The van der Waals surface area contributed by atoms with Crippen molar-refractivity contribution in [3.05, 3.63) is 23.8 Å². The van der Waals surface area contributed by atoms with E-state index in [0.29, 0.717) is 0 Å². The summed E-state index contributed by atoms with van der Waals surface area (Å²) in [6, 6.07) is 6.13. The number of nitrogens with zero attached hydrogens (tertiary/aromatic N) is 1. The standard InChI is InChI=1S/C15H22N2O2/c1-15(2,3)19-14(18)17-9-5-6-11-7-8-12(16-4)10-13(11)17/h7-8,10,16H,5-6,9H2,1-4H3. The van der Waals surface area contributed by atoms with E-state index in [4.69, 9.17) is 4.74 Å². The van der Waals surface area contributed by atoms with Crippen molar-refractivity contribution in [3.63, 3.8) is 0 Å². The molecule has 1 aliphatic rings. The lowest BCUT2D eigenvalue weighted by molar-refractivity contribution is 0.0578. The van der Waals surface area contributed by atoms with Gasteiger partial charge in [-0.25, -0.2) is 4.79 Å². The Bertz CT molecular complexity index is 478. The Labute approximate surface area is 114 Å². The number of fused-ring (bicyclic) bond motifs is 1. The average molecular weight is 262 g/mol. The van der Waals surface area contributed by atoms with Gasteiger partial charge in [-0.3, -0.25) is 4.90 Å². The van der Waals surface area contributed by atoms with Crippen LogP contribution in [0.1, 0.15) is 32.8 Å². The summed E-state index contributed by atoms with van der Waals surface area (Å²) < 4.78 is 5.47. The van der Waals surface area contributed by atoms with Gasteiger partial charge in [-0.2, -0.15) is 0 Å². The van der Waals surface area contributed by atoms with Gasteiger partial charge < -0.3 is 10.1 Å². The third-order valence-corrected chi connectivity index (χ3v) is 3.11. The van der Waals surface area contributed by atoms with Gasteiger partial charge in [0.25, 0.3) is 0 Å². The highest BCUT2D eigenvalue weighted by atomic mass is 16.6. The average Bonchev–Trinajstić information content (AvgIpc) is 2.35. The number of nitrogens with one attached hydrogen (secondary N) is 1. The predicted octanol–water partition coefficient (Wildman–Crippen LogP) is 3.42. The molecule has 1 amide bonds. The Kier molecular flexibility index (Phi) is 3.69. The Balaban J connectivity index is 2.28. The summed E-state index contributed by atoms with van der Waals surface area (Å²) in [5, 5.41) is 3.11. The summed E-state index contributed by atoms with van der Waals surface area (Å²) in [7, 11) is 1.88. The molecule has 0 aliphatic carbocycles. The second-order valence-electron chi connectivity index (χ2n) is 5.83. The summed E-state index contributed by atoms with van der Waals surface area (Å²) >= 11 is 0. The molecule has 0 saturated carbocycles. The van der Waals surface area contributed by atoms with Gasteiger partial charge in [0, 0.05) is 19.3 Å². The molecule has 1 aliphatic heterocycles. The fourth-order valence-electron chi connectivity index (χ4n) is 2.24. The van der Waals surface area contributed by atoms with Crippen molar-refractivity contribution < 1.29 is 9.53 Å². The first kappa shape index (κ1) is 13.7. The molecule has 4 heteroatoms. The summed E-state index contributed by atoms with van der Waals surface area (Å²) in [6.07, 6.45) is 1.73. The molecular weight excluding hydrogens is 240 g/mol. The van der Waals surface area contributed by atoms with Crippen molar-refractivity contribution in [2.24, 2.45) is 0 Å². The minimum absolute atomic E-state index is 0.262. The summed E-state index contributed by atoms with van der Waals surface area (Å²) in [5.41, 5.74) is 2.72. The van der Waals surface area contributed by atoms with Crippen LogP contribution in [0.3, 0.4) is 0 Å². The van der Waals surface area contributed by atoms with Crippen molar-refractivity contribution in [3.8, 4) is 0 Å². The Hall–Kier alpha value is -1.71. The molecule has 1 aromatic rings. The third-order valence-electron chi connectivity index (χ3n) is 3.11. The Morgan fingerprint density at radius 3 is 2.74 bits per heavy atom.